The highest BCUT2D eigenvalue weighted by Gasteiger charge is 2.10. The van der Waals surface area contributed by atoms with Crippen LogP contribution >= 0.6 is 0 Å². The van der Waals surface area contributed by atoms with Gasteiger partial charge in [0.1, 0.15) is 5.82 Å². The summed E-state index contributed by atoms with van der Waals surface area (Å²) < 4.78 is 29.5. The predicted octanol–water partition coefficient (Wildman–Crippen LogP) is 2.08. The van der Waals surface area contributed by atoms with E-state index in [9.17, 15) is 8.60 Å². The first-order chi connectivity index (χ1) is 8.19. The number of halogens is 1. The fourth-order valence-corrected chi connectivity index (χ4v) is 2.24. The van der Waals surface area contributed by atoms with Crippen LogP contribution in [0.15, 0.2) is 33.7 Å². The number of benzene rings is 1. The van der Waals surface area contributed by atoms with Crippen molar-refractivity contribution >= 4 is 10.8 Å². The SMILES string of the molecule is CCc1nc(CS(=O)c2ccc(F)cc2)no1. The minimum Gasteiger partial charge on any atom is -0.339 e. The van der Waals surface area contributed by atoms with Crippen LogP contribution in [-0.4, -0.2) is 14.3 Å². The first kappa shape index (κ1) is 11.9. The minimum absolute atomic E-state index is 0.176. The molecule has 2 rings (SSSR count). The van der Waals surface area contributed by atoms with Crippen LogP contribution in [0.3, 0.4) is 0 Å². The van der Waals surface area contributed by atoms with Gasteiger partial charge in [-0.15, -0.1) is 0 Å². The molecule has 1 unspecified atom stereocenters. The van der Waals surface area contributed by atoms with Gasteiger partial charge >= 0.3 is 0 Å². The molecule has 0 amide bonds. The number of nitrogens with zero attached hydrogens (tertiary/aromatic N) is 2. The maximum Gasteiger partial charge on any atom is 0.226 e. The molecule has 0 aliphatic rings. The van der Waals surface area contributed by atoms with Crippen LogP contribution in [0.4, 0.5) is 4.39 Å². The predicted molar refractivity (Wildman–Crippen MR) is 60.2 cm³/mol. The standard InChI is InChI=1S/C11H11FN2O2S/c1-2-11-13-10(14-16-11)7-17(15)9-5-3-8(12)4-6-9/h3-6H,2,7H2,1H3. The van der Waals surface area contributed by atoms with Crippen LogP contribution in [0.1, 0.15) is 18.6 Å². The van der Waals surface area contributed by atoms with Gasteiger partial charge in [-0.1, -0.05) is 12.1 Å². The maximum absolute atomic E-state index is 12.7. The lowest BCUT2D eigenvalue weighted by Gasteiger charge is -1.98. The molecule has 90 valence electrons. The summed E-state index contributed by atoms with van der Waals surface area (Å²) in [5.74, 6) is 0.758. The van der Waals surface area contributed by atoms with E-state index in [0.29, 0.717) is 23.0 Å². The highest BCUT2D eigenvalue weighted by atomic mass is 32.2. The van der Waals surface area contributed by atoms with Crippen molar-refractivity contribution in [1.82, 2.24) is 10.1 Å². The van der Waals surface area contributed by atoms with E-state index in [1.165, 1.54) is 24.3 Å². The molecular formula is C11H11FN2O2S. The van der Waals surface area contributed by atoms with E-state index >= 15 is 0 Å². The molecule has 4 nitrogen and oxygen atoms in total. The summed E-state index contributed by atoms with van der Waals surface area (Å²) in [5.41, 5.74) is 0. The van der Waals surface area contributed by atoms with Gasteiger partial charge in [0.2, 0.25) is 5.89 Å². The first-order valence-electron chi connectivity index (χ1n) is 5.14. The average Bonchev–Trinajstić information content (AvgIpc) is 2.77. The highest BCUT2D eigenvalue weighted by molar-refractivity contribution is 7.84. The Morgan fingerprint density at radius 3 is 2.65 bits per heavy atom. The number of rotatable bonds is 4. The van der Waals surface area contributed by atoms with E-state index in [1.807, 2.05) is 6.92 Å². The molecule has 1 aromatic carbocycles. The number of aromatic nitrogens is 2. The lowest BCUT2D eigenvalue weighted by atomic mass is 10.4. The van der Waals surface area contributed by atoms with E-state index in [4.69, 9.17) is 4.52 Å². The maximum atomic E-state index is 12.7. The Labute approximate surface area is 100 Å². The van der Waals surface area contributed by atoms with Crippen molar-refractivity contribution in [2.45, 2.75) is 24.0 Å². The monoisotopic (exact) mass is 254 g/mol. The smallest absolute Gasteiger partial charge is 0.226 e. The lowest BCUT2D eigenvalue weighted by Crippen LogP contribution is -1.98. The first-order valence-corrected chi connectivity index (χ1v) is 6.46. The molecule has 0 bridgehead atoms. The fourth-order valence-electron chi connectivity index (χ4n) is 1.28. The average molecular weight is 254 g/mol. The van der Waals surface area contributed by atoms with E-state index < -0.39 is 10.8 Å². The summed E-state index contributed by atoms with van der Waals surface area (Å²) >= 11 is 0. The van der Waals surface area contributed by atoms with Crippen molar-refractivity contribution in [3.63, 3.8) is 0 Å². The van der Waals surface area contributed by atoms with Gasteiger partial charge in [0.25, 0.3) is 0 Å². The molecule has 0 spiro atoms. The molecule has 0 aliphatic carbocycles. The minimum atomic E-state index is -1.28. The van der Waals surface area contributed by atoms with Gasteiger partial charge in [-0.05, 0) is 24.3 Å². The Balaban J connectivity index is 2.08. The Morgan fingerprint density at radius 1 is 1.35 bits per heavy atom. The summed E-state index contributed by atoms with van der Waals surface area (Å²) in [4.78, 5) is 4.62. The molecule has 0 fully saturated rings. The molecule has 0 N–H and O–H groups in total. The Morgan fingerprint density at radius 2 is 2.06 bits per heavy atom. The molecule has 0 aliphatic heterocycles. The molecule has 1 aromatic heterocycles. The van der Waals surface area contributed by atoms with Gasteiger partial charge in [-0.25, -0.2) is 4.39 Å². The second-order valence-electron chi connectivity index (χ2n) is 3.40. The summed E-state index contributed by atoms with van der Waals surface area (Å²) in [5, 5.41) is 3.72. The lowest BCUT2D eigenvalue weighted by molar-refractivity contribution is 0.378. The Bertz CT molecular complexity index is 525. The van der Waals surface area contributed by atoms with Gasteiger partial charge in [-0.2, -0.15) is 4.98 Å². The fraction of sp³-hybridized carbons (Fsp3) is 0.273. The zero-order valence-electron chi connectivity index (χ0n) is 9.22. The van der Waals surface area contributed by atoms with Crippen molar-refractivity contribution in [3.05, 3.63) is 41.8 Å². The van der Waals surface area contributed by atoms with Crippen LogP contribution < -0.4 is 0 Å². The molecule has 0 saturated heterocycles. The van der Waals surface area contributed by atoms with E-state index in [-0.39, 0.29) is 11.6 Å². The van der Waals surface area contributed by atoms with Crippen LogP contribution in [0.5, 0.6) is 0 Å². The van der Waals surface area contributed by atoms with Crippen molar-refractivity contribution < 1.29 is 13.1 Å². The van der Waals surface area contributed by atoms with E-state index in [1.54, 1.807) is 0 Å². The second kappa shape index (κ2) is 5.18. The van der Waals surface area contributed by atoms with Crippen molar-refractivity contribution in [2.75, 3.05) is 0 Å². The molecule has 17 heavy (non-hydrogen) atoms. The summed E-state index contributed by atoms with van der Waals surface area (Å²) in [6.07, 6.45) is 0.649. The van der Waals surface area contributed by atoms with Crippen LogP contribution in [0.25, 0.3) is 0 Å². The van der Waals surface area contributed by atoms with Crippen LogP contribution in [0.2, 0.25) is 0 Å². The van der Waals surface area contributed by atoms with Crippen molar-refractivity contribution in [1.29, 1.82) is 0 Å². The summed E-state index contributed by atoms with van der Waals surface area (Å²) in [6, 6.07) is 5.54. The topological polar surface area (TPSA) is 56.0 Å². The van der Waals surface area contributed by atoms with Gasteiger partial charge in [-0.3, -0.25) is 4.21 Å². The van der Waals surface area contributed by atoms with Crippen LogP contribution in [0, 0.1) is 5.82 Å². The molecular weight excluding hydrogens is 243 g/mol. The highest BCUT2D eigenvalue weighted by Crippen LogP contribution is 2.11. The molecule has 0 saturated carbocycles. The Hall–Kier alpha value is -1.56. The quantitative estimate of drug-likeness (QED) is 0.838. The number of hydrogen-bond donors (Lipinski definition) is 0. The van der Waals surface area contributed by atoms with Gasteiger partial charge in [0.05, 0.1) is 16.6 Å². The molecule has 6 heteroatoms. The summed E-state index contributed by atoms with van der Waals surface area (Å²) in [6.45, 7) is 1.90. The van der Waals surface area contributed by atoms with Crippen LogP contribution in [-0.2, 0) is 23.0 Å². The molecule has 2 aromatic rings. The van der Waals surface area contributed by atoms with E-state index in [0.717, 1.165) is 0 Å². The Kier molecular flexibility index (Phi) is 3.63. The zero-order valence-corrected chi connectivity index (χ0v) is 10.0. The third kappa shape index (κ3) is 2.97. The van der Waals surface area contributed by atoms with Gasteiger partial charge in [0, 0.05) is 11.3 Å². The third-order valence-corrected chi connectivity index (χ3v) is 3.47. The van der Waals surface area contributed by atoms with Gasteiger partial charge < -0.3 is 4.52 Å². The van der Waals surface area contributed by atoms with Gasteiger partial charge in [0.15, 0.2) is 5.82 Å². The molecule has 1 heterocycles. The normalized spacial score (nSPS) is 12.6. The van der Waals surface area contributed by atoms with Crippen molar-refractivity contribution in [3.8, 4) is 0 Å². The van der Waals surface area contributed by atoms with Crippen molar-refractivity contribution in [2.24, 2.45) is 0 Å². The van der Waals surface area contributed by atoms with E-state index in [2.05, 4.69) is 10.1 Å². The largest absolute Gasteiger partial charge is 0.339 e. The third-order valence-electron chi connectivity index (χ3n) is 2.15. The molecule has 1 atom stereocenters. The zero-order chi connectivity index (χ0) is 12.3. The number of hydrogen-bond acceptors (Lipinski definition) is 4. The number of aryl methyl sites for hydroxylation is 1. The molecule has 0 radical (unpaired) electrons. The summed E-state index contributed by atoms with van der Waals surface area (Å²) in [7, 11) is -1.28. The second-order valence-corrected chi connectivity index (χ2v) is 4.85.